The van der Waals surface area contributed by atoms with Gasteiger partial charge in [0.2, 0.25) is 5.76 Å². The molecule has 3 aromatic rings. The molecule has 0 atom stereocenters. The summed E-state index contributed by atoms with van der Waals surface area (Å²) < 4.78 is 7.08. The number of nitrogens with one attached hydrogen (secondary N) is 1. The minimum atomic E-state index is -0.221. The van der Waals surface area contributed by atoms with Crippen LogP contribution in [0.2, 0.25) is 0 Å². The molecule has 5 heteroatoms. The highest BCUT2D eigenvalue weighted by molar-refractivity contribution is 5.91. The molecule has 0 saturated carbocycles. The molecule has 3 rings (SSSR count). The van der Waals surface area contributed by atoms with Crippen LogP contribution in [0.5, 0.6) is 0 Å². The Morgan fingerprint density at radius 1 is 1.33 bits per heavy atom. The Balaban J connectivity index is 1.57. The number of hydrogen-bond donors (Lipinski definition) is 1. The Labute approximate surface area is 122 Å². The predicted molar refractivity (Wildman–Crippen MR) is 80.1 cm³/mol. The second-order valence-electron chi connectivity index (χ2n) is 4.98. The van der Waals surface area contributed by atoms with Crippen molar-refractivity contribution in [2.75, 3.05) is 6.54 Å². The topological polar surface area (TPSA) is 60.1 Å². The van der Waals surface area contributed by atoms with E-state index in [4.69, 9.17) is 4.52 Å². The minimum absolute atomic E-state index is 0.221. The molecule has 1 aromatic carbocycles. The first-order valence-corrected chi connectivity index (χ1v) is 6.99. The molecular formula is C16H17N3O2. The van der Waals surface area contributed by atoms with Gasteiger partial charge in [0.25, 0.3) is 5.91 Å². The zero-order chi connectivity index (χ0) is 14.7. The maximum atomic E-state index is 11.7. The van der Waals surface area contributed by atoms with Crippen molar-refractivity contribution in [2.45, 2.75) is 19.9 Å². The molecule has 108 valence electrons. The van der Waals surface area contributed by atoms with E-state index in [1.165, 1.54) is 22.8 Å². The molecule has 0 fully saturated rings. The van der Waals surface area contributed by atoms with E-state index in [0.29, 0.717) is 6.54 Å². The number of nitrogens with zero attached hydrogens (tertiary/aromatic N) is 2. The fraction of sp³-hybridized carbons (Fsp3) is 0.250. The third-order valence-electron chi connectivity index (χ3n) is 3.52. The summed E-state index contributed by atoms with van der Waals surface area (Å²) in [5.74, 6) is 0.0270. The minimum Gasteiger partial charge on any atom is -0.351 e. The number of benzene rings is 1. The molecule has 0 aliphatic heterocycles. The van der Waals surface area contributed by atoms with Gasteiger partial charge in [-0.3, -0.25) is 4.79 Å². The standard InChI is InChI=1S/C16H17N3O2/c1-12-11-13-5-2-3-6-14(13)19(12)10-4-8-17-16(20)15-7-9-18-21-15/h2-3,5-7,9,11H,4,8,10H2,1H3,(H,17,20). The summed E-state index contributed by atoms with van der Waals surface area (Å²) in [6, 6.07) is 12.1. The number of para-hydroxylation sites is 1. The van der Waals surface area contributed by atoms with Crippen molar-refractivity contribution >= 4 is 16.8 Å². The van der Waals surface area contributed by atoms with E-state index in [9.17, 15) is 4.79 Å². The smallest absolute Gasteiger partial charge is 0.289 e. The number of hydrogen-bond acceptors (Lipinski definition) is 3. The summed E-state index contributed by atoms with van der Waals surface area (Å²) in [6.07, 6.45) is 2.32. The average Bonchev–Trinajstić information content (AvgIpc) is 3.11. The van der Waals surface area contributed by atoms with Gasteiger partial charge in [-0.2, -0.15) is 0 Å². The third kappa shape index (κ3) is 2.81. The maximum Gasteiger partial charge on any atom is 0.289 e. The van der Waals surface area contributed by atoms with Crippen molar-refractivity contribution in [1.82, 2.24) is 15.0 Å². The molecule has 0 bridgehead atoms. The van der Waals surface area contributed by atoms with Gasteiger partial charge in [-0.1, -0.05) is 23.4 Å². The molecule has 1 N–H and O–H groups in total. The number of amides is 1. The highest BCUT2D eigenvalue weighted by atomic mass is 16.5. The zero-order valence-corrected chi connectivity index (χ0v) is 11.9. The van der Waals surface area contributed by atoms with Gasteiger partial charge in [0.1, 0.15) is 0 Å². The van der Waals surface area contributed by atoms with Gasteiger partial charge in [0.05, 0.1) is 6.20 Å². The Kier molecular flexibility index (Phi) is 3.73. The fourth-order valence-electron chi connectivity index (χ4n) is 2.50. The Bertz CT molecular complexity index is 744. The molecule has 0 spiro atoms. The van der Waals surface area contributed by atoms with Crippen LogP contribution in [0.1, 0.15) is 22.7 Å². The van der Waals surface area contributed by atoms with E-state index in [2.05, 4.69) is 40.2 Å². The third-order valence-corrected chi connectivity index (χ3v) is 3.52. The number of aromatic nitrogens is 2. The molecule has 2 aromatic heterocycles. The summed E-state index contributed by atoms with van der Waals surface area (Å²) >= 11 is 0. The van der Waals surface area contributed by atoms with Crippen LogP contribution in [-0.4, -0.2) is 22.2 Å². The molecule has 2 heterocycles. The molecule has 0 saturated heterocycles. The first kappa shape index (κ1) is 13.4. The van der Waals surface area contributed by atoms with Crippen LogP contribution < -0.4 is 5.32 Å². The SMILES string of the molecule is Cc1cc2ccccc2n1CCCNC(=O)c1ccno1. The van der Waals surface area contributed by atoms with E-state index < -0.39 is 0 Å². The van der Waals surface area contributed by atoms with Gasteiger partial charge >= 0.3 is 0 Å². The van der Waals surface area contributed by atoms with Gasteiger partial charge in [-0.25, -0.2) is 0 Å². The second kappa shape index (κ2) is 5.83. The quantitative estimate of drug-likeness (QED) is 0.732. The summed E-state index contributed by atoms with van der Waals surface area (Å²) in [4.78, 5) is 11.7. The molecule has 21 heavy (non-hydrogen) atoms. The zero-order valence-electron chi connectivity index (χ0n) is 11.9. The van der Waals surface area contributed by atoms with Crippen LogP contribution in [0.3, 0.4) is 0 Å². The van der Waals surface area contributed by atoms with Crippen LogP contribution >= 0.6 is 0 Å². The number of carbonyl (C=O) groups is 1. The number of carbonyl (C=O) groups excluding carboxylic acids is 1. The number of rotatable bonds is 5. The lowest BCUT2D eigenvalue weighted by atomic mass is 10.2. The lowest BCUT2D eigenvalue weighted by Gasteiger charge is -2.08. The highest BCUT2D eigenvalue weighted by Gasteiger charge is 2.09. The molecule has 5 nitrogen and oxygen atoms in total. The highest BCUT2D eigenvalue weighted by Crippen LogP contribution is 2.19. The van der Waals surface area contributed by atoms with E-state index in [-0.39, 0.29) is 11.7 Å². The van der Waals surface area contributed by atoms with E-state index in [1.807, 2.05) is 12.1 Å². The number of fused-ring (bicyclic) bond motifs is 1. The van der Waals surface area contributed by atoms with Crippen LogP contribution in [0, 0.1) is 6.92 Å². The molecular weight excluding hydrogens is 266 g/mol. The molecule has 0 aliphatic rings. The normalized spacial score (nSPS) is 10.9. The van der Waals surface area contributed by atoms with Crippen molar-refractivity contribution in [3.05, 3.63) is 54.0 Å². The largest absolute Gasteiger partial charge is 0.351 e. The van der Waals surface area contributed by atoms with Crippen molar-refractivity contribution in [3.8, 4) is 0 Å². The number of aryl methyl sites for hydroxylation is 2. The summed E-state index contributed by atoms with van der Waals surface area (Å²) in [7, 11) is 0. The Morgan fingerprint density at radius 2 is 2.19 bits per heavy atom. The summed E-state index contributed by atoms with van der Waals surface area (Å²) in [6.45, 7) is 3.58. The Morgan fingerprint density at radius 3 is 3.00 bits per heavy atom. The van der Waals surface area contributed by atoms with Crippen LogP contribution in [0.15, 0.2) is 47.1 Å². The van der Waals surface area contributed by atoms with Gasteiger partial charge in [-0.15, -0.1) is 0 Å². The summed E-state index contributed by atoms with van der Waals surface area (Å²) in [5.41, 5.74) is 2.47. The summed E-state index contributed by atoms with van der Waals surface area (Å²) in [5, 5.41) is 7.60. The predicted octanol–water partition coefficient (Wildman–Crippen LogP) is 2.76. The van der Waals surface area contributed by atoms with E-state index >= 15 is 0 Å². The second-order valence-corrected chi connectivity index (χ2v) is 4.98. The van der Waals surface area contributed by atoms with Crippen LogP contribution in [0.25, 0.3) is 10.9 Å². The van der Waals surface area contributed by atoms with Crippen molar-refractivity contribution < 1.29 is 9.32 Å². The fourth-order valence-corrected chi connectivity index (χ4v) is 2.50. The maximum absolute atomic E-state index is 11.7. The Hall–Kier alpha value is -2.56. The van der Waals surface area contributed by atoms with E-state index in [1.54, 1.807) is 6.07 Å². The lowest BCUT2D eigenvalue weighted by Crippen LogP contribution is -2.24. The molecule has 0 unspecified atom stereocenters. The van der Waals surface area contributed by atoms with Crippen LogP contribution in [-0.2, 0) is 6.54 Å². The molecule has 1 amide bonds. The van der Waals surface area contributed by atoms with Gasteiger partial charge < -0.3 is 14.4 Å². The monoisotopic (exact) mass is 283 g/mol. The first-order valence-electron chi connectivity index (χ1n) is 6.99. The molecule has 0 aliphatic carbocycles. The van der Waals surface area contributed by atoms with Crippen molar-refractivity contribution in [3.63, 3.8) is 0 Å². The van der Waals surface area contributed by atoms with Crippen molar-refractivity contribution in [1.29, 1.82) is 0 Å². The van der Waals surface area contributed by atoms with Crippen LogP contribution in [0.4, 0.5) is 0 Å². The van der Waals surface area contributed by atoms with Gasteiger partial charge in [-0.05, 0) is 30.9 Å². The van der Waals surface area contributed by atoms with Crippen molar-refractivity contribution in [2.24, 2.45) is 0 Å². The first-order chi connectivity index (χ1) is 10.3. The van der Waals surface area contributed by atoms with Gasteiger partial charge in [0.15, 0.2) is 0 Å². The lowest BCUT2D eigenvalue weighted by molar-refractivity contribution is 0.0916. The van der Waals surface area contributed by atoms with E-state index in [0.717, 1.165) is 13.0 Å². The molecule has 0 radical (unpaired) electrons. The van der Waals surface area contributed by atoms with Gasteiger partial charge in [0, 0.05) is 30.4 Å². The average molecular weight is 283 g/mol.